The number of rotatable bonds is 11. The Labute approximate surface area is 126 Å². The van der Waals surface area contributed by atoms with Gasteiger partial charge in [-0.2, -0.15) is 0 Å². The standard InChI is InChI=1S/C10H25NO6P2.2H3N/c1-2-3-4-5-6-7-8-11(9-18(12,13)14)10-19(15,16)17;;/h2-10H2,1H3,(H2,12,13,14)(H2,15,16,17);2*1H3. The fourth-order valence-corrected chi connectivity index (χ4v) is 3.46. The summed E-state index contributed by atoms with van der Waals surface area (Å²) in [6.45, 7) is 2.31. The predicted octanol–water partition coefficient (Wildman–Crippen LogP) is 1.41. The molecule has 0 aromatic rings. The Morgan fingerprint density at radius 1 is 0.905 bits per heavy atom. The number of unbranched alkanes of at least 4 members (excludes halogenated alkanes) is 5. The second-order valence-electron chi connectivity index (χ2n) is 4.72. The van der Waals surface area contributed by atoms with Gasteiger partial charge in [0.25, 0.3) is 0 Å². The number of hydrogen-bond donors (Lipinski definition) is 4. The maximum atomic E-state index is 10.9. The van der Waals surface area contributed by atoms with Crippen LogP contribution in [0.5, 0.6) is 0 Å². The molecule has 0 aromatic carbocycles. The minimum Gasteiger partial charge on any atom is -0.810 e. The van der Waals surface area contributed by atoms with Gasteiger partial charge >= 0.3 is 7.60 Å². The lowest BCUT2D eigenvalue weighted by molar-refractivity contribution is -0.315. The van der Waals surface area contributed by atoms with E-state index in [1.54, 1.807) is 0 Å². The summed E-state index contributed by atoms with van der Waals surface area (Å²) in [5.74, 6) is 0. The molecule has 0 rings (SSSR count). The molecule has 0 spiro atoms. The Morgan fingerprint density at radius 2 is 1.38 bits per heavy atom. The molecule has 0 heterocycles. The summed E-state index contributed by atoms with van der Waals surface area (Å²) >= 11 is 0. The molecule has 0 aliphatic carbocycles. The third-order valence-electron chi connectivity index (χ3n) is 2.59. The maximum Gasteiger partial charge on any atom is 0.339 e. The molecule has 21 heavy (non-hydrogen) atoms. The van der Waals surface area contributed by atoms with Crippen LogP contribution in [0.15, 0.2) is 0 Å². The van der Waals surface area contributed by atoms with E-state index >= 15 is 0 Å². The van der Waals surface area contributed by atoms with Crippen molar-refractivity contribution in [1.82, 2.24) is 17.2 Å². The molecule has 0 unspecified atom stereocenters. The van der Waals surface area contributed by atoms with E-state index in [0.29, 0.717) is 6.42 Å². The summed E-state index contributed by atoms with van der Waals surface area (Å²) in [4.78, 5) is 40.1. The second kappa shape index (κ2) is 12.7. The van der Waals surface area contributed by atoms with E-state index in [0.717, 1.165) is 37.0 Å². The van der Waals surface area contributed by atoms with Crippen molar-refractivity contribution in [3.63, 3.8) is 0 Å². The topological polar surface area (TPSA) is 197 Å². The van der Waals surface area contributed by atoms with Crippen LogP contribution in [0.25, 0.3) is 0 Å². The Morgan fingerprint density at radius 3 is 1.81 bits per heavy atom. The van der Waals surface area contributed by atoms with Gasteiger partial charge in [0.05, 0.1) is 0 Å². The molecule has 10 N–H and O–H groups in total. The van der Waals surface area contributed by atoms with Crippen LogP contribution in [-0.4, -0.2) is 33.8 Å². The third-order valence-corrected chi connectivity index (χ3v) is 4.10. The summed E-state index contributed by atoms with van der Waals surface area (Å²) in [5.41, 5.74) is 0. The van der Waals surface area contributed by atoms with Crippen molar-refractivity contribution in [1.29, 1.82) is 0 Å². The number of quaternary nitrogens is 2. The number of hydrogen-bond acceptors (Lipinski definition) is 5. The van der Waals surface area contributed by atoms with Gasteiger partial charge in [0.1, 0.15) is 6.29 Å². The second-order valence-corrected chi connectivity index (χ2v) is 7.84. The van der Waals surface area contributed by atoms with Crippen molar-refractivity contribution in [2.24, 2.45) is 0 Å². The Bertz CT molecular complexity index is 309. The molecule has 11 heteroatoms. The van der Waals surface area contributed by atoms with E-state index < -0.39 is 27.8 Å². The van der Waals surface area contributed by atoms with Crippen molar-refractivity contribution >= 4 is 15.2 Å². The number of nitrogens with zero attached hydrogens (tertiary/aromatic N) is 1. The summed E-state index contributed by atoms with van der Waals surface area (Å²) in [5, 5.41) is 0. The first-order valence-corrected chi connectivity index (χ1v) is 9.94. The molecule has 132 valence electrons. The van der Waals surface area contributed by atoms with Crippen LogP contribution >= 0.6 is 15.2 Å². The highest BCUT2D eigenvalue weighted by molar-refractivity contribution is 7.51. The molecule has 0 saturated carbocycles. The average molecular weight is 351 g/mol. The minimum atomic E-state index is -4.79. The highest BCUT2D eigenvalue weighted by atomic mass is 31.2. The van der Waals surface area contributed by atoms with Gasteiger partial charge in [-0.1, -0.05) is 46.6 Å². The zero-order valence-corrected chi connectivity index (χ0v) is 15.0. The molecule has 0 saturated heterocycles. The fourth-order valence-electron chi connectivity index (χ4n) is 1.81. The van der Waals surface area contributed by atoms with Gasteiger partial charge in [0.15, 0.2) is 0 Å². The van der Waals surface area contributed by atoms with Gasteiger partial charge in [0.2, 0.25) is 0 Å². The van der Waals surface area contributed by atoms with Crippen molar-refractivity contribution < 1.29 is 28.7 Å². The van der Waals surface area contributed by atoms with Crippen molar-refractivity contribution in [2.45, 2.75) is 45.4 Å². The molecule has 0 bridgehead atoms. The smallest absolute Gasteiger partial charge is 0.339 e. The van der Waals surface area contributed by atoms with Crippen LogP contribution in [0.2, 0.25) is 0 Å². The zero-order valence-electron chi connectivity index (χ0n) is 13.2. The van der Waals surface area contributed by atoms with Crippen LogP contribution in [-0.2, 0) is 9.13 Å². The maximum absolute atomic E-state index is 10.9. The lowest BCUT2D eigenvalue weighted by Crippen LogP contribution is -2.33. The highest BCUT2D eigenvalue weighted by Gasteiger charge is 2.19. The minimum absolute atomic E-state index is 0. The Balaban J connectivity index is -0.00000162. The fraction of sp³-hybridized carbons (Fsp3) is 1.00. The molecule has 0 radical (unpaired) electrons. The normalized spacial score (nSPS) is 11.9. The van der Waals surface area contributed by atoms with Gasteiger partial charge in [-0.05, 0) is 13.0 Å². The molecular formula is C10H31N3O6P2. The zero-order chi connectivity index (χ0) is 14.9. The van der Waals surface area contributed by atoms with Gasteiger partial charge in [-0.3, -0.25) is 9.46 Å². The summed E-state index contributed by atoms with van der Waals surface area (Å²) in [6, 6.07) is 0. The monoisotopic (exact) mass is 351 g/mol. The first-order valence-electron chi connectivity index (χ1n) is 6.42. The van der Waals surface area contributed by atoms with E-state index in [2.05, 4.69) is 6.92 Å². The molecule has 0 aliphatic heterocycles. The average Bonchev–Trinajstić information content (AvgIpc) is 2.18. The third kappa shape index (κ3) is 20.2. The molecule has 0 fully saturated rings. The quantitative estimate of drug-likeness (QED) is 0.318. The summed E-state index contributed by atoms with van der Waals surface area (Å²) in [7, 11) is -9.14. The van der Waals surface area contributed by atoms with E-state index in [1.807, 2.05) is 0 Å². The predicted molar refractivity (Wildman–Crippen MR) is 81.4 cm³/mol. The highest BCUT2D eigenvalue weighted by Crippen LogP contribution is 2.37. The van der Waals surface area contributed by atoms with Crippen molar-refractivity contribution in [2.75, 3.05) is 19.1 Å². The van der Waals surface area contributed by atoms with Crippen molar-refractivity contribution in [3.05, 3.63) is 0 Å². The molecule has 0 aromatic heterocycles. The van der Waals surface area contributed by atoms with E-state index in [4.69, 9.17) is 9.79 Å². The van der Waals surface area contributed by atoms with Gasteiger partial charge < -0.3 is 36.4 Å². The van der Waals surface area contributed by atoms with Crippen LogP contribution in [0.3, 0.4) is 0 Å². The lowest BCUT2D eigenvalue weighted by Gasteiger charge is -2.35. The lowest BCUT2D eigenvalue weighted by atomic mass is 10.1. The van der Waals surface area contributed by atoms with Gasteiger partial charge in [0, 0.05) is 6.29 Å². The van der Waals surface area contributed by atoms with E-state index in [1.165, 1.54) is 0 Å². The van der Waals surface area contributed by atoms with Gasteiger partial charge in [-0.25, -0.2) is 0 Å². The van der Waals surface area contributed by atoms with Crippen LogP contribution in [0.4, 0.5) is 0 Å². The van der Waals surface area contributed by atoms with E-state index in [-0.39, 0.29) is 18.8 Å². The summed E-state index contributed by atoms with van der Waals surface area (Å²) in [6.07, 6.45) is 4.34. The van der Waals surface area contributed by atoms with Crippen LogP contribution < -0.4 is 22.1 Å². The molecule has 9 nitrogen and oxygen atoms in total. The molecular weight excluding hydrogens is 320 g/mol. The van der Waals surface area contributed by atoms with Crippen LogP contribution in [0.1, 0.15) is 45.4 Å². The first kappa shape index (κ1) is 26.1. The largest absolute Gasteiger partial charge is 0.810 e. The molecule has 0 atom stereocenters. The molecule has 0 amide bonds. The summed E-state index contributed by atoms with van der Waals surface area (Å²) < 4.78 is 21.5. The first-order chi connectivity index (χ1) is 8.64. The van der Waals surface area contributed by atoms with Crippen molar-refractivity contribution in [3.8, 4) is 0 Å². The van der Waals surface area contributed by atoms with Crippen LogP contribution in [0, 0.1) is 0 Å². The Hall–Kier alpha value is 0.180. The molecule has 0 aliphatic rings. The SMILES string of the molecule is CCCCCCCCN(CP(=O)([O-])[O-])CP(=O)(O)O.[NH4+].[NH4+]. The van der Waals surface area contributed by atoms with E-state index in [9.17, 15) is 18.9 Å². The van der Waals surface area contributed by atoms with Gasteiger partial charge in [-0.15, -0.1) is 0 Å². The Kier molecular flexibility index (Phi) is 15.8.